The second kappa shape index (κ2) is 46.9. The topological polar surface area (TPSA) is 299 Å². The van der Waals surface area contributed by atoms with E-state index in [0.29, 0.717) is 99.1 Å². The van der Waals surface area contributed by atoms with Crippen LogP contribution in [0.25, 0.3) is 11.1 Å². The lowest BCUT2D eigenvalue weighted by atomic mass is 9.93. The van der Waals surface area contributed by atoms with Gasteiger partial charge in [-0.05, 0) is 286 Å². The van der Waals surface area contributed by atoms with Crippen molar-refractivity contribution in [2.24, 2.45) is 5.92 Å². The summed E-state index contributed by atoms with van der Waals surface area (Å²) in [6.45, 7) is 7.46. The van der Waals surface area contributed by atoms with Gasteiger partial charge in [0.2, 0.25) is 53.2 Å². The highest BCUT2D eigenvalue weighted by molar-refractivity contribution is 5.96. The van der Waals surface area contributed by atoms with Crippen LogP contribution in [0.15, 0.2) is 285 Å². The molecule has 718 valence electrons. The van der Waals surface area contributed by atoms with Gasteiger partial charge in [0.15, 0.2) is 0 Å². The average molecular weight is 1870 g/mol. The van der Waals surface area contributed by atoms with Gasteiger partial charge in [-0.1, -0.05) is 226 Å². The largest absolute Gasteiger partial charge is 0.457 e. The number of amides is 9. The summed E-state index contributed by atoms with van der Waals surface area (Å²) in [4.78, 5) is 144. The molecule has 12 bridgehead atoms. The molecule has 2 saturated heterocycles. The zero-order chi connectivity index (χ0) is 95.9. The molecule has 3 fully saturated rings. The second-order valence-electron chi connectivity index (χ2n) is 37.9. The van der Waals surface area contributed by atoms with Gasteiger partial charge in [-0.25, -0.2) is 0 Å². The normalized spacial score (nSPS) is 22.4. The molecule has 24 nitrogen and oxygen atoms in total. The fraction of sp³-hybridized carbons (Fsp3) is 0.348. The molecule has 1 saturated carbocycles. The minimum Gasteiger partial charge on any atom is -0.457 e. The molecule has 0 aromatic heterocycles. The summed E-state index contributed by atoms with van der Waals surface area (Å²) in [5.41, 5.74) is 11.1. The van der Waals surface area contributed by atoms with Crippen LogP contribution in [0.3, 0.4) is 0 Å². The van der Waals surface area contributed by atoms with Crippen molar-refractivity contribution in [2.45, 2.75) is 215 Å². The van der Waals surface area contributed by atoms with Crippen LogP contribution in [0.2, 0.25) is 0 Å². The quantitative estimate of drug-likeness (QED) is 0.0272. The van der Waals surface area contributed by atoms with E-state index in [1.807, 2.05) is 299 Å². The number of fused-ring (bicyclic) bond motifs is 12. The van der Waals surface area contributed by atoms with Crippen molar-refractivity contribution in [3.05, 3.63) is 346 Å². The first-order chi connectivity index (χ1) is 67.9. The van der Waals surface area contributed by atoms with E-state index in [-0.39, 0.29) is 106 Å². The molecule has 12 atom stereocenters. The number of benzene rings is 11. The predicted octanol–water partition coefficient (Wildman–Crippen LogP) is 14.5. The smallest absolute Gasteiger partial charge is 0.243 e. The predicted molar refractivity (Wildman–Crippen MR) is 537 cm³/mol. The Balaban J connectivity index is 0.609. The zero-order valence-electron chi connectivity index (χ0n) is 79.2. The van der Waals surface area contributed by atoms with Gasteiger partial charge in [-0.3, -0.25) is 57.9 Å². The summed E-state index contributed by atoms with van der Waals surface area (Å²) in [6, 6.07) is 82.2. The molecule has 24 heteroatoms. The van der Waals surface area contributed by atoms with Crippen LogP contribution in [-0.2, 0) is 114 Å². The molecule has 0 radical (unpaired) electrons. The van der Waals surface area contributed by atoms with Gasteiger partial charge in [0, 0.05) is 44.4 Å². The van der Waals surface area contributed by atoms with E-state index in [1.54, 1.807) is 0 Å². The third kappa shape index (κ3) is 26.1. The van der Waals surface area contributed by atoms with Crippen LogP contribution < -0.4 is 62.1 Å². The summed E-state index contributed by atoms with van der Waals surface area (Å²) in [5, 5.41) is 28.8. The minimum atomic E-state index is -1.14. The molecule has 11 aromatic carbocycles. The lowest BCUT2D eigenvalue weighted by molar-refractivity contribution is -0.134. The van der Waals surface area contributed by atoms with Crippen molar-refractivity contribution in [2.75, 3.05) is 32.7 Å². The summed E-state index contributed by atoms with van der Waals surface area (Å²) in [6.07, 6.45) is 8.91. The lowest BCUT2D eigenvalue weighted by Crippen LogP contribution is -2.58. The molecular formula is C115H126N12O12. The fourth-order valence-corrected chi connectivity index (χ4v) is 20.8. The van der Waals surface area contributed by atoms with Crippen molar-refractivity contribution in [3.8, 4) is 45.6 Å². The molecule has 5 aliphatic heterocycles. The molecule has 9 N–H and O–H groups in total. The van der Waals surface area contributed by atoms with Crippen LogP contribution in [0.1, 0.15) is 139 Å². The zero-order valence-corrected chi connectivity index (χ0v) is 79.2. The Hall–Kier alpha value is -14.1. The summed E-state index contributed by atoms with van der Waals surface area (Å²) in [7, 11) is 0. The Morgan fingerprint density at radius 3 is 1.20 bits per heavy atom. The first kappa shape index (κ1) is 96.6. The summed E-state index contributed by atoms with van der Waals surface area (Å²) >= 11 is 0. The van der Waals surface area contributed by atoms with E-state index >= 15 is 28.8 Å². The van der Waals surface area contributed by atoms with Gasteiger partial charge in [0.05, 0.1) is 18.1 Å². The van der Waals surface area contributed by atoms with Crippen LogP contribution in [0.5, 0.6) is 34.5 Å². The maximum absolute atomic E-state index is 16.0. The highest BCUT2D eigenvalue weighted by Gasteiger charge is 2.45. The first-order valence-corrected chi connectivity index (χ1v) is 49.7. The van der Waals surface area contributed by atoms with Crippen LogP contribution in [-0.4, -0.2) is 167 Å². The number of likely N-dealkylation sites (tertiary alicyclic amines) is 2. The van der Waals surface area contributed by atoms with Gasteiger partial charge in [0.1, 0.15) is 70.7 Å². The Bertz CT molecular complexity index is 6080. The third-order valence-electron chi connectivity index (χ3n) is 28.2. The van der Waals surface area contributed by atoms with E-state index < -0.39 is 78.0 Å². The van der Waals surface area contributed by atoms with Gasteiger partial charge < -0.3 is 62.1 Å². The molecule has 139 heavy (non-hydrogen) atoms. The number of carbonyl (C=O) groups is 9. The van der Waals surface area contributed by atoms with Gasteiger partial charge in [-0.15, -0.1) is 0 Å². The Morgan fingerprint density at radius 2 is 0.755 bits per heavy atom. The number of likely N-dealkylation sites (N-methyl/N-ethyl adjacent to an activating group) is 1. The number of carbonyl (C=O) groups excluding carboxylic acids is 9. The first-order valence-electron chi connectivity index (χ1n) is 49.7. The highest BCUT2D eigenvalue weighted by Crippen LogP contribution is 2.40. The van der Waals surface area contributed by atoms with Crippen molar-refractivity contribution < 1.29 is 57.4 Å². The Labute approximate surface area is 814 Å². The molecule has 6 aliphatic rings. The number of ether oxygens (including phenoxy) is 3. The number of aryl methyl sites for hydroxylation is 3. The van der Waals surface area contributed by atoms with E-state index in [2.05, 4.69) is 62.6 Å². The molecule has 0 spiro atoms. The molecule has 9 amide bonds. The van der Waals surface area contributed by atoms with Crippen LogP contribution in [0, 0.1) is 5.92 Å². The van der Waals surface area contributed by atoms with Crippen molar-refractivity contribution in [3.63, 3.8) is 0 Å². The Morgan fingerprint density at radius 1 is 0.360 bits per heavy atom. The van der Waals surface area contributed by atoms with Crippen molar-refractivity contribution in [1.29, 1.82) is 0 Å². The highest BCUT2D eigenvalue weighted by atomic mass is 16.5. The fourth-order valence-electron chi connectivity index (χ4n) is 20.8. The van der Waals surface area contributed by atoms with Gasteiger partial charge >= 0.3 is 0 Å². The summed E-state index contributed by atoms with van der Waals surface area (Å²) in [5.74, 6) is -0.224. The van der Waals surface area contributed by atoms with Gasteiger partial charge in [-0.2, -0.15) is 0 Å². The van der Waals surface area contributed by atoms with E-state index in [9.17, 15) is 14.4 Å². The molecule has 3 unspecified atom stereocenters. The van der Waals surface area contributed by atoms with Crippen molar-refractivity contribution >= 4 is 53.2 Å². The Kier molecular flexibility index (Phi) is 32.6. The number of hydrogen-bond acceptors (Lipinski definition) is 15. The van der Waals surface area contributed by atoms with Crippen LogP contribution >= 0.6 is 0 Å². The minimum absolute atomic E-state index is 0.0390. The maximum atomic E-state index is 16.0. The lowest BCUT2D eigenvalue weighted by Gasteiger charge is -2.36. The van der Waals surface area contributed by atoms with Crippen LogP contribution in [0.4, 0.5) is 0 Å². The van der Waals surface area contributed by atoms with E-state index in [4.69, 9.17) is 14.2 Å². The molecule has 11 aromatic rings. The number of rotatable bonds is 24. The molecule has 17 rings (SSSR count). The maximum Gasteiger partial charge on any atom is 0.243 e. The second-order valence-corrected chi connectivity index (χ2v) is 37.9. The molecule has 1 aliphatic carbocycles. The van der Waals surface area contributed by atoms with Crippen molar-refractivity contribution in [1.82, 2.24) is 62.6 Å². The molecule has 5 heterocycles. The SMILES string of the molecule is CCN(CC)[C@H]1Cc2cc(ccc2-c2ccc(CNC(=O)[C@@H]3Cc4cccc(c4)Oc4cccc(c4)C[C@H](N4CCCC4C4CCC(NC(=O)[C@@H]5Cc6cccc(c6)Oc6cccc(c6)C[C@H](N6CCCC6)C(=O)N[C@@H](CCc6ccccc6)C(=O)N5)C4)C(=O)N[C@@H](CCc4ccccc4)C(=O)N3)cc2)Oc2cccc(c2)C[C@@H](C(=O)NCc2ccccc2)NC(=O)[C@H](CCc2ccccc2)NC1=O. The average Bonchev–Trinajstić information content (AvgIpc) is 1.70. The number of nitrogens with one attached hydrogen (secondary N) is 9. The molecular weight excluding hydrogens is 1740 g/mol. The number of nitrogens with zero attached hydrogens (tertiary/aromatic N) is 3. The third-order valence-corrected chi connectivity index (χ3v) is 28.2. The van der Waals surface area contributed by atoms with E-state index in [1.165, 1.54) is 0 Å². The summed E-state index contributed by atoms with van der Waals surface area (Å²) < 4.78 is 19.9. The van der Waals surface area contributed by atoms with Gasteiger partial charge in [0.25, 0.3) is 0 Å². The number of hydrogen-bond donors (Lipinski definition) is 9. The van der Waals surface area contributed by atoms with E-state index in [0.717, 1.165) is 118 Å². The monoisotopic (exact) mass is 1870 g/mol. The standard InChI is InChI=1S/C115H126N12O12/c1-3-125(4-2)105-73-88-72-95(139-92-40-20-34-82(62-92)67-100(107(128)116-74-79-31-15-8-16-32-79)122-109(130)97(120-114(105)135)55-46-76-25-9-5-10-26-76)53-54-96(88)86-49-44-80(45-50-86)75-117-108(129)101-66-81-33-19-38-90(61-81)138-94-42-23-37-85(65-94)70-106(115(136)121-99(110(131)123-101)57-48-78-29-13-7-14-30-78)127-60-24-43-103(127)87-51-52-89(71-87)118-112(133)102-68-83-35-21-39-91(63-83)137-93-41-22-36-84(64-93)69-104(126-58-17-18-59-126)113(134)119-98(111(132)124-102)56-47-77-27-11-6-12-28-77/h5-16,19-23,25-42,44-45,49-50,53-54,61-65,72,87,89,97-106H,3-4,17-18,24,43,46-48,51-52,55-60,66-71,73-75H2,1-2H3,(H,116,128)(H,117,129)(H,118,133)(H,119,134)(H,120,135)(H,121,136)(H,122,130)(H,123,131)(H,124,132)/t87?,89?,97-,98-,99-,100-,101-,102-,103?,104-,105-,106-/m0/s1.